The minimum absolute atomic E-state index is 0.134. The Kier molecular flexibility index (Phi) is 5.56. The number of amides is 1. The SMILES string of the molecule is COCCOCCNC(=O)[C@H]1C[C@@H]1c1ccccc1C. The van der Waals surface area contributed by atoms with Gasteiger partial charge in [0, 0.05) is 19.6 Å². The predicted molar refractivity (Wildman–Crippen MR) is 77.7 cm³/mol. The Morgan fingerprint density at radius 2 is 2.10 bits per heavy atom. The molecule has 1 aromatic carbocycles. The number of hydrogen-bond acceptors (Lipinski definition) is 3. The largest absolute Gasteiger partial charge is 0.382 e. The van der Waals surface area contributed by atoms with Gasteiger partial charge in [0.25, 0.3) is 0 Å². The Hall–Kier alpha value is -1.39. The summed E-state index contributed by atoms with van der Waals surface area (Å²) >= 11 is 0. The molecule has 0 heterocycles. The van der Waals surface area contributed by atoms with E-state index >= 15 is 0 Å². The van der Waals surface area contributed by atoms with E-state index in [-0.39, 0.29) is 11.8 Å². The van der Waals surface area contributed by atoms with Crippen LogP contribution in [0.1, 0.15) is 23.5 Å². The Morgan fingerprint density at radius 1 is 1.30 bits per heavy atom. The monoisotopic (exact) mass is 277 g/mol. The summed E-state index contributed by atoms with van der Waals surface area (Å²) in [7, 11) is 1.64. The number of methoxy groups -OCH3 is 1. The normalized spacial score (nSPS) is 20.7. The average molecular weight is 277 g/mol. The zero-order chi connectivity index (χ0) is 14.4. The lowest BCUT2D eigenvalue weighted by Gasteiger charge is -2.07. The molecule has 0 saturated heterocycles. The van der Waals surface area contributed by atoms with Crippen LogP contribution >= 0.6 is 0 Å². The number of aryl methyl sites for hydroxylation is 1. The standard InChI is InChI=1S/C16H23NO3/c1-12-5-3-4-6-13(12)14-11-15(14)16(18)17-7-8-20-10-9-19-2/h3-6,14-15H,7-11H2,1-2H3,(H,17,18)/t14-,15+/m1/s1. The van der Waals surface area contributed by atoms with Crippen LogP contribution in [-0.4, -0.2) is 39.4 Å². The molecule has 4 heteroatoms. The van der Waals surface area contributed by atoms with E-state index in [1.807, 2.05) is 12.1 Å². The number of carbonyl (C=O) groups excluding carboxylic acids is 1. The molecular formula is C16H23NO3. The Balaban J connectivity index is 1.67. The molecule has 1 aromatic rings. The predicted octanol–water partition coefficient (Wildman–Crippen LogP) is 1.88. The van der Waals surface area contributed by atoms with Crippen molar-refractivity contribution in [2.24, 2.45) is 5.92 Å². The van der Waals surface area contributed by atoms with E-state index in [1.54, 1.807) is 7.11 Å². The molecule has 1 aliphatic carbocycles. The Bertz CT molecular complexity index is 447. The van der Waals surface area contributed by atoms with E-state index in [9.17, 15) is 4.79 Å². The summed E-state index contributed by atoms with van der Waals surface area (Å²) in [5.41, 5.74) is 2.58. The van der Waals surface area contributed by atoms with Gasteiger partial charge in [0.2, 0.25) is 5.91 Å². The van der Waals surface area contributed by atoms with Crippen LogP contribution in [0, 0.1) is 12.8 Å². The summed E-state index contributed by atoms with van der Waals surface area (Å²) < 4.78 is 10.2. The van der Waals surface area contributed by atoms with Crippen LogP contribution in [0.15, 0.2) is 24.3 Å². The van der Waals surface area contributed by atoms with Gasteiger partial charge in [0.1, 0.15) is 0 Å². The van der Waals surface area contributed by atoms with Crippen molar-refractivity contribution in [3.05, 3.63) is 35.4 Å². The first kappa shape index (κ1) is 15.0. The van der Waals surface area contributed by atoms with E-state index in [0.29, 0.717) is 32.3 Å². The molecule has 1 saturated carbocycles. The minimum Gasteiger partial charge on any atom is -0.382 e. The number of ether oxygens (including phenoxy) is 2. The van der Waals surface area contributed by atoms with Gasteiger partial charge < -0.3 is 14.8 Å². The summed E-state index contributed by atoms with van der Waals surface area (Å²) in [5, 5.41) is 2.94. The highest BCUT2D eigenvalue weighted by molar-refractivity contribution is 5.83. The van der Waals surface area contributed by atoms with Crippen molar-refractivity contribution in [2.75, 3.05) is 33.5 Å². The maximum atomic E-state index is 12.0. The number of nitrogens with one attached hydrogen (secondary N) is 1. The van der Waals surface area contributed by atoms with Crippen LogP contribution < -0.4 is 5.32 Å². The number of hydrogen-bond donors (Lipinski definition) is 1. The van der Waals surface area contributed by atoms with E-state index in [1.165, 1.54) is 11.1 Å². The highest BCUT2D eigenvalue weighted by atomic mass is 16.5. The zero-order valence-corrected chi connectivity index (χ0v) is 12.2. The number of benzene rings is 1. The fourth-order valence-corrected chi connectivity index (χ4v) is 2.45. The number of rotatable bonds is 8. The van der Waals surface area contributed by atoms with Crippen molar-refractivity contribution in [3.8, 4) is 0 Å². The Labute approximate surface area is 120 Å². The van der Waals surface area contributed by atoms with Crippen LogP contribution in [0.2, 0.25) is 0 Å². The van der Waals surface area contributed by atoms with Crippen molar-refractivity contribution in [1.82, 2.24) is 5.32 Å². The molecule has 0 spiro atoms. The van der Waals surface area contributed by atoms with Crippen molar-refractivity contribution in [2.45, 2.75) is 19.3 Å². The summed E-state index contributed by atoms with van der Waals surface area (Å²) in [6, 6.07) is 8.31. The molecule has 2 atom stereocenters. The average Bonchev–Trinajstić information content (AvgIpc) is 3.23. The molecule has 2 rings (SSSR count). The van der Waals surface area contributed by atoms with E-state index < -0.39 is 0 Å². The first-order valence-electron chi connectivity index (χ1n) is 7.14. The first-order valence-corrected chi connectivity index (χ1v) is 7.14. The molecular weight excluding hydrogens is 254 g/mol. The minimum atomic E-state index is 0.134. The second-order valence-corrected chi connectivity index (χ2v) is 5.20. The highest BCUT2D eigenvalue weighted by Crippen LogP contribution is 2.48. The van der Waals surface area contributed by atoms with Crippen molar-refractivity contribution in [3.63, 3.8) is 0 Å². The fraction of sp³-hybridized carbons (Fsp3) is 0.562. The second-order valence-electron chi connectivity index (χ2n) is 5.20. The third-order valence-corrected chi connectivity index (χ3v) is 3.69. The van der Waals surface area contributed by atoms with Crippen LogP contribution in [0.3, 0.4) is 0 Å². The molecule has 0 unspecified atom stereocenters. The molecule has 4 nitrogen and oxygen atoms in total. The molecule has 1 aliphatic rings. The van der Waals surface area contributed by atoms with Crippen molar-refractivity contribution >= 4 is 5.91 Å². The van der Waals surface area contributed by atoms with E-state index in [0.717, 1.165) is 6.42 Å². The Morgan fingerprint density at radius 3 is 2.85 bits per heavy atom. The summed E-state index contributed by atoms with van der Waals surface area (Å²) in [4.78, 5) is 12.0. The van der Waals surface area contributed by atoms with Gasteiger partial charge in [-0.05, 0) is 30.4 Å². The second kappa shape index (κ2) is 7.41. The third kappa shape index (κ3) is 4.05. The first-order chi connectivity index (χ1) is 9.74. The van der Waals surface area contributed by atoms with Crippen molar-refractivity contribution in [1.29, 1.82) is 0 Å². The highest BCUT2D eigenvalue weighted by Gasteiger charge is 2.44. The van der Waals surface area contributed by atoms with Gasteiger partial charge in [-0.1, -0.05) is 24.3 Å². The maximum absolute atomic E-state index is 12.0. The smallest absolute Gasteiger partial charge is 0.223 e. The quantitative estimate of drug-likeness (QED) is 0.738. The van der Waals surface area contributed by atoms with Crippen molar-refractivity contribution < 1.29 is 14.3 Å². The van der Waals surface area contributed by atoms with Gasteiger partial charge in [-0.25, -0.2) is 0 Å². The summed E-state index contributed by atoms with van der Waals surface area (Å²) in [6.45, 7) is 4.37. The van der Waals surface area contributed by atoms with Gasteiger partial charge >= 0.3 is 0 Å². The molecule has 1 fully saturated rings. The zero-order valence-electron chi connectivity index (χ0n) is 12.2. The molecule has 0 aromatic heterocycles. The topological polar surface area (TPSA) is 47.6 Å². The maximum Gasteiger partial charge on any atom is 0.223 e. The molecule has 110 valence electrons. The van der Waals surface area contributed by atoms with Gasteiger partial charge in [-0.3, -0.25) is 4.79 Å². The lowest BCUT2D eigenvalue weighted by Crippen LogP contribution is -2.29. The van der Waals surface area contributed by atoms with Crippen LogP contribution in [0.25, 0.3) is 0 Å². The lowest BCUT2D eigenvalue weighted by molar-refractivity contribution is -0.122. The molecule has 20 heavy (non-hydrogen) atoms. The molecule has 1 amide bonds. The fourth-order valence-electron chi connectivity index (χ4n) is 2.45. The molecule has 1 N–H and O–H groups in total. The van der Waals surface area contributed by atoms with E-state index in [2.05, 4.69) is 24.4 Å². The van der Waals surface area contributed by atoms with Crippen LogP contribution in [-0.2, 0) is 14.3 Å². The molecule has 0 aliphatic heterocycles. The van der Waals surface area contributed by atoms with E-state index in [4.69, 9.17) is 9.47 Å². The summed E-state index contributed by atoms with van der Waals surface area (Å²) in [6.07, 6.45) is 0.960. The molecule has 0 bridgehead atoms. The van der Waals surface area contributed by atoms with Gasteiger partial charge in [-0.15, -0.1) is 0 Å². The van der Waals surface area contributed by atoms with Gasteiger partial charge in [0.05, 0.1) is 19.8 Å². The van der Waals surface area contributed by atoms with Crippen LogP contribution in [0.4, 0.5) is 0 Å². The van der Waals surface area contributed by atoms with Gasteiger partial charge in [-0.2, -0.15) is 0 Å². The molecule has 0 radical (unpaired) electrons. The van der Waals surface area contributed by atoms with Gasteiger partial charge in [0.15, 0.2) is 0 Å². The third-order valence-electron chi connectivity index (χ3n) is 3.69. The summed E-state index contributed by atoms with van der Waals surface area (Å²) in [5.74, 6) is 0.675. The number of carbonyl (C=O) groups is 1. The van der Waals surface area contributed by atoms with Crippen LogP contribution in [0.5, 0.6) is 0 Å². The lowest BCUT2D eigenvalue weighted by atomic mass is 10.0.